The van der Waals surface area contributed by atoms with E-state index in [1.165, 1.54) is 19.5 Å². The number of ether oxygens (including phenoxy) is 1. The van der Waals surface area contributed by atoms with E-state index < -0.39 is 11.6 Å². The van der Waals surface area contributed by atoms with Crippen LogP contribution >= 0.6 is 0 Å². The summed E-state index contributed by atoms with van der Waals surface area (Å²) in [4.78, 5) is 7.91. The third-order valence-corrected chi connectivity index (χ3v) is 2.31. The van der Waals surface area contributed by atoms with Crippen molar-refractivity contribution in [2.24, 2.45) is 0 Å². The third-order valence-electron chi connectivity index (χ3n) is 2.31. The van der Waals surface area contributed by atoms with E-state index in [4.69, 9.17) is 4.74 Å². The molecule has 0 saturated carbocycles. The van der Waals surface area contributed by atoms with Gasteiger partial charge in [0.2, 0.25) is 5.95 Å². The van der Waals surface area contributed by atoms with E-state index in [-0.39, 0.29) is 12.1 Å². The van der Waals surface area contributed by atoms with Crippen molar-refractivity contribution in [3.05, 3.63) is 47.8 Å². The number of benzene rings is 1. The molecule has 0 aliphatic heterocycles. The molecule has 0 fully saturated rings. The van der Waals surface area contributed by atoms with Crippen LogP contribution in [-0.2, 0) is 6.54 Å². The zero-order valence-corrected chi connectivity index (χ0v) is 9.65. The summed E-state index contributed by atoms with van der Waals surface area (Å²) >= 11 is 0. The summed E-state index contributed by atoms with van der Waals surface area (Å²) in [5, 5.41) is 2.80. The Kier molecular flexibility index (Phi) is 3.66. The molecule has 0 radical (unpaired) electrons. The average molecular weight is 251 g/mol. The monoisotopic (exact) mass is 251 g/mol. The van der Waals surface area contributed by atoms with E-state index >= 15 is 0 Å². The maximum Gasteiger partial charge on any atom is 0.223 e. The number of halogens is 2. The van der Waals surface area contributed by atoms with Crippen LogP contribution in [-0.4, -0.2) is 17.1 Å². The van der Waals surface area contributed by atoms with Crippen molar-refractivity contribution in [3.63, 3.8) is 0 Å². The van der Waals surface area contributed by atoms with Crippen molar-refractivity contribution >= 4 is 5.95 Å². The molecule has 0 spiro atoms. The van der Waals surface area contributed by atoms with E-state index in [1.54, 1.807) is 0 Å². The van der Waals surface area contributed by atoms with Crippen LogP contribution in [0.1, 0.15) is 5.56 Å². The molecule has 1 N–H and O–H groups in total. The SMILES string of the molecule is COc1cnc(NCc2cc(F)ccc2F)nc1. The number of hydrogen-bond acceptors (Lipinski definition) is 4. The number of anilines is 1. The van der Waals surface area contributed by atoms with Crippen LogP contribution in [0.5, 0.6) is 5.75 Å². The Morgan fingerprint density at radius 2 is 1.94 bits per heavy atom. The van der Waals surface area contributed by atoms with Crippen molar-refractivity contribution in [1.82, 2.24) is 9.97 Å². The van der Waals surface area contributed by atoms with Crippen molar-refractivity contribution in [2.75, 3.05) is 12.4 Å². The fourth-order valence-corrected chi connectivity index (χ4v) is 1.37. The summed E-state index contributed by atoms with van der Waals surface area (Å²) < 4.78 is 31.2. The van der Waals surface area contributed by atoms with Gasteiger partial charge in [0.05, 0.1) is 19.5 Å². The second-order valence-corrected chi connectivity index (χ2v) is 3.54. The summed E-state index contributed by atoms with van der Waals surface area (Å²) in [5.41, 5.74) is 0.217. The maximum atomic E-state index is 13.3. The Morgan fingerprint density at radius 1 is 1.22 bits per heavy atom. The van der Waals surface area contributed by atoms with E-state index in [0.717, 1.165) is 18.2 Å². The second kappa shape index (κ2) is 5.39. The summed E-state index contributed by atoms with van der Waals surface area (Å²) in [5.74, 6) is -0.113. The highest BCUT2D eigenvalue weighted by Crippen LogP contribution is 2.12. The van der Waals surface area contributed by atoms with Gasteiger partial charge in [-0.25, -0.2) is 18.7 Å². The first-order valence-electron chi connectivity index (χ1n) is 5.23. The molecular formula is C12H11F2N3O. The molecule has 0 aliphatic rings. The Hall–Kier alpha value is -2.24. The number of aromatic nitrogens is 2. The predicted octanol–water partition coefficient (Wildman–Crippen LogP) is 2.38. The van der Waals surface area contributed by atoms with Gasteiger partial charge in [-0.1, -0.05) is 0 Å². The van der Waals surface area contributed by atoms with Gasteiger partial charge in [-0.15, -0.1) is 0 Å². The fraction of sp³-hybridized carbons (Fsp3) is 0.167. The van der Waals surface area contributed by atoms with Crippen LogP contribution in [0.2, 0.25) is 0 Å². The minimum atomic E-state index is -0.483. The second-order valence-electron chi connectivity index (χ2n) is 3.54. The average Bonchev–Trinajstić information content (AvgIpc) is 2.40. The maximum absolute atomic E-state index is 13.3. The molecule has 94 valence electrons. The van der Waals surface area contributed by atoms with Gasteiger partial charge in [-0.3, -0.25) is 0 Å². The molecule has 1 heterocycles. The van der Waals surface area contributed by atoms with Crippen LogP contribution in [0, 0.1) is 11.6 Å². The lowest BCUT2D eigenvalue weighted by molar-refractivity contribution is 0.411. The van der Waals surface area contributed by atoms with E-state index in [1.807, 2.05) is 0 Å². The van der Waals surface area contributed by atoms with Crippen molar-refractivity contribution in [3.8, 4) is 5.75 Å². The lowest BCUT2D eigenvalue weighted by Crippen LogP contribution is -2.05. The summed E-state index contributed by atoms with van der Waals surface area (Å²) in [7, 11) is 1.51. The number of nitrogens with one attached hydrogen (secondary N) is 1. The van der Waals surface area contributed by atoms with Crippen molar-refractivity contribution in [2.45, 2.75) is 6.54 Å². The van der Waals surface area contributed by atoms with Crippen LogP contribution in [0.3, 0.4) is 0 Å². The summed E-state index contributed by atoms with van der Waals surface area (Å²) in [6, 6.07) is 3.29. The molecule has 6 heteroatoms. The van der Waals surface area contributed by atoms with Gasteiger partial charge in [0.1, 0.15) is 11.6 Å². The highest BCUT2D eigenvalue weighted by molar-refractivity contribution is 5.30. The molecule has 0 aliphatic carbocycles. The Balaban J connectivity index is 2.04. The molecule has 18 heavy (non-hydrogen) atoms. The lowest BCUT2D eigenvalue weighted by atomic mass is 10.2. The van der Waals surface area contributed by atoms with Gasteiger partial charge in [-0.05, 0) is 18.2 Å². The molecule has 0 atom stereocenters. The van der Waals surface area contributed by atoms with Gasteiger partial charge in [0.25, 0.3) is 0 Å². The highest BCUT2D eigenvalue weighted by Gasteiger charge is 2.04. The van der Waals surface area contributed by atoms with Gasteiger partial charge in [0, 0.05) is 12.1 Å². The zero-order valence-electron chi connectivity index (χ0n) is 9.65. The normalized spacial score (nSPS) is 10.2. The molecule has 2 rings (SSSR count). The van der Waals surface area contributed by atoms with Crippen molar-refractivity contribution in [1.29, 1.82) is 0 Å². The Labute approximate surface area is 103 Å². The van der Waals surface area contributed by atoms with Crippen molar-refractivity contribution < 1.29 is 13.5 Å². The van der Waals surface area contributed by atoms with Gasteiger partial charge >= 0.3 is 0 Å². The molecule has 0 amide bonds. The molecule has 0 saturated heterocycles. The molecular weight excluding hydrogens is 240 g/mol. The molecule has 0 unspecified atom stereocenters. The molecule has 1 aromatic carbocycles. The first kappa shape index (κ1) is 12.2. The predicted molar refractivity (Wildman–Crippen MR) is 62.3 cm³/mol. The van der Waals surface area contributed by atoms with Crippen LogP contribution in [0.4, 0.5) is 14.7 Å². The van der Waals surface area contributed by atoms with E-state index in [9.17, 15) is 8.78 Å². The van der Waals surface area contributed by atoms with Crippen LogP contribution < -0.4 is 10.1 Å². The number of nitrogens with zero attached hydrogens (tertiary/aromatic N) is 2. The number of methoxy groups -OCH3 is 1. The molecule has 1 aromatic heterocycles. The fourth-order valence-electron chi connectivity index (χ4n) is 1.37. The van der Waals surface area contributed by atoms with E-state index in [2.05, 4.69) is 15.3 Å². The standard InChI is InChI=1S/C12H11F2N3O/c1-18-10-6-16-12(17-7-10)15-5-8-4-9(13)2-3-11(8)14/h2-4,6-7H,5H2,1H3,(H,15,16,17). The molecule has 4 nitrogen and oxygen atoms in total. The Bertz CT molecular complexity index is 531. The highest BCUT2D eigenvalue weighted by atomic mass is 19.1. The first-order chi connectivity index (χ1) is 8.69. The lowest BCUT2D eigenvalue weighted by Gasteiger charge is -2.06. The first-order valence-corrected chi connectivity index (χ1v) is 5.23. The van der Waals surface area contributed by atoms with Gasteiger partial charge in [0.15, 0.2) is 5.75 Å². The minimum absolute atomic E-state index is 0.107. The zero-order chi connectivity index (χ0) is 13.0. The largest absolute Gasteiger partial charge is 0.494 e. The smallest absolute Gasteiger partial charge is 0.223 e. The molecule has 0 bridgehead atoms. The quantitative estimate of drug-likeness (QED) is 0.906. The minimum Gasteiger partial charge on any atom is -0.494 e. The summed E-state index contributed by atoms with van der Waals surface area (Å²) in [6.45, 7) is 0.107. The van der Waals surface area contributed by atoms with Crippen LogP contribution in [0.15, 0.2) is 30.6 Å². The van der Waals surface area contributed by atoms with E-state index in [0.29, 0.717) is 11.7 Å². The number of rotatable bonds is 4. The topological polar surface area (TPSA) is 47.0 Å². The van der Waals surface area contributed by atoms with Gasteiger partial charge < -0.3 is 10.1 Å². The molecule has 2 aromatic rings. The number of hydrogen-bond donors (Lipinski definition) is 1. The Morgan fingerprint density at radius 3 is 2.61 bits per heavy atom. The summed E-state index contributed by atoms with van der Waals surface area (Å²) in [6.07, 6.45) is 2.97. The van der Waals surface area contributed by atoms with Crippen LogP contribution in [0.25, 0.3) is 0 Å². The van der Waals surface area contributed by atoms with Gasteiger partial charge in [-0.2, -0.15) is 0 Å². The third kappa shape index (κ3) is 2.91.